The first kappa shape index (κ1) is 11.7. The fourth-order valence-corrected chi connectivity index (χ4v) is 2.11. The van der Waals surface area contributed by atoms with Crippen LogP contribution in [0, 0.1) is 0 Å². The Morgan fingerprint density at radius 2 is 1.89 bits per heavy atom. The Bertz CT molecular complexity index is 738. The maximum absolute atomic E-state index is 6.13. The Balaban J connectivity index is 2.31. The van der Waals surface area contributed by atoms with Gasteiger partial charge in [-0.2, -0.15) is 10.1 Å². The van der Waals surface area contributed by atoms with Crippen molar-refractivity contribution in [1.29, 1.82) is 0 Å². The summed E-state index contributed by atoms with van der Waals surface area (Å²) in [6.45, 7) is 0. The fourth-order valence-electron chi connectivity index (χ4n) is 1.62. The molecule has 0 amide bonds. The molecule has 18 heavy (non-hydrogen) atoms. The molecule has 0 radical (unpaired) electrons. The zero-order chi connectivity index (χ0) is 12.7. The Morgan fingerprint density at radius 3 is 2.72 bits per heavy atom. The molecule has 90 valence electrons. The van der Waals surface area contributed by atoms with Gasteiger partial charge in [-0.05, 0) is 29.8 Å². The number of hydrogen-bond donors (Lipinski definition) is 0. The van der Waals surface area contributed by atoms with Crippen molar-refractivity contribution in [2.24, 2.45) is 0 Å². The summed E-state index contributed by atoms with van der Waals surface area (Å²) in [5, 5.41) is 6.24. The molecule has 0 atom stereocenters. The maximum atomic E-state index is 6.13. The highest BCUT2D eigenvalue weighted by Crippen LogP contribution is 2.26. The van der Waals surface area contributed by atoms with Crippen LogP contribution in [0.4, 0.5) is 0 Å². The maximum Gasteiger partial charge on any atom is 0.224 e. The second kappa shape index (κ2) is 4.39. The van der Waals surface area contributed by atoms with Crippen LogP contribution in [0.1, 0.15) is 0 Å². The summed E-state index contributed by atoms with van der Waals surface area (Å²) in [5.41, 5.74) is 1.23. The number of nitrogens with zero attached hydrogens (tertiary/aromatic N) is 4. The lowest BCUT2D eigenvalue weighted by atomic mass is 10.3. The van der Waals surface area contributed by atoms with Crippen LogP contribution in [0.5, 0.6) is 0 Å². The number of aromatic nitrogens is 4. The monoisotopic (exact) mass is 298 g/mol. The summed E-state index contributed by atoms with van der Waals surface area (Å²) in [7, 11) is 0. The van der Waals surface area contributed by atoms with Crippen LogP contribution in [0.2, 0.25) is 15.3 Å². The molecule has 0 bridgehead atoms. The fraction of sp³-hybridized carbons (Fsp3) is 0. The lowest BCUT2D eigenvalue weighted by Gasteiger charge is -2.05. The van der Waals surface area contributed by atoms with Gasteiger partial charge in [0.1, 0.15) is 0 Å². The molecular formula is C11H5Cl3N4. The highest BCUT2D eigenvalue weighted by molar-refractivity contribution is 6.34. The normalized spacial score (nSPS) is 11.1. The van der Waals surface area contributed by atoms with E-state index in [9.17, 15) is 0 Å². The van der Waals surface area contributed by atoms with Gasteiger partial charge in [0.25, 0.3) is 0 Å². The minimum absolute atomic E-state index is 0.155. The van der Waals surface area contributed by atoms with Crippen LogP contribution in [0.15, 0.2) is 30.6 Å². The molecule has 4 nitrogen and oxygen atoms in total. The minimum atomic E-state index is 0.155. The van der Waals surface area contributed by atoms with E-state index >= 15 is 0 Å². The smallest absolute Gasteiger partial charge is 0.224 e. The SMILES string of the molecule is Clc1ccc(Cl)c(-n2ncc3cnc(Cl)nc32)c1. The van der Waals surface area contributed by atoms with Gasteiger partial charge >= 0.3 is 0 Å². The summed E-state index contributed by atoms with van der Waals surface area (Å²) < 4.78 is 1.58. The molecule has 0 saturated carbocycles. The van der Waals surface area contributed by atoms with Gasteiger partial charge in [0.2, 0.25) is 5.28 Å². The first-order valence-corrected chi connectivity index (χ1v) is 6.10. The van der Waals surface area contributed by atoms with E-state index in [0.29, 0.717) is 21.4 Å². The molecule has 7 heteroatoms. The van der Waals surface area contributed by atoms with Crippen LogP contribution in [0.25, 0.3) is 16.7 Å². The Morgan fingerprint density at radius 1 is 1.06 bits per heavy atom. The first-order chi connectivity index (χ1) is 8.65. The number of fused-ring (bicyclic) bond motifs is 1. The molecule has 1 aromatic carbocycles. The van der Waals surface area contributed by atoms with Gasteiger partial charge in [0, 0.05) is 11.2 Å². The summed E-state index contributed by atoms with van der Waals surface area (Å²) in [6, 6.07) is 5.13. The van der Waals surface area contributed by atoms with E-state index in [-0.39, 0.29) is 5.28 Å². The second-order valence-electron chi connectivity index (χ2n) is 3.57. The molecule has 0 aliphatic carbocycles. The largest absolute Gasteiger partial charge is 0.226 e. The summed E-state index contributed by atoms with van der Waals surface area (Å²) in [5.74, 6) is 0. The van der Waals surface area contributed by atoms with Crippen molar-refractivity contribution in [2.75, 3.05) is 0 Å². The highest BCUT2D eigenvalue weighted by Gasteiger charge is 2.11. The minimum Gasteiger partial charge on any atom is -0.226 e. The van der Waals surface area contributed by atoms with Gasteiger partial charge in [-0.15, -0.1) is 0 Å². The lowest BCUT2D eigenvalue weighted by molar-refractivity contribution is 0.895. The van der Waals surface area contributed by atoms with E-state index in [0.717, 1.165) is 5.39 Å². The number of halogens is 3. The highest BCUT2D eigenvalue weighted by atomic mass is 35.5. The molecule has 0 N–H and O–H groups in total. The molecular weight excluding hydrogens is 295 g/mol. The molecule has 3 aromatic rings. The van der Waals surface area contributed by atoms with E-state index in [2.05, 4.69) is 15.1 Å². The van der Waals surface area contributed by atoms with Crippen molar-refractivity contribution in [3.05, 3.63) is 45.9 Å². The van der Waals surface area contributed by atoms with Gasteiger partial charge in [0.05, 0.1) is 22.3 Å². The Kier molecular flexibility index (Phi) is 2.86. The Labute approximate surface area is 117 Å². The van der Waals surface area contributed by atoms with Crippen molar-refractivity contribution in [3.8, 4) is 5.69 Å². The van der Waals surface area contributed by atoms with Crippen molar-refractivity contribution < 1.29 is 0 Å². The molecule has 0 aliphatic rings. The third-order valence-electron chi connectivity index (χ3n) is 2.42. The molecule has 0 spiro atoms. The van der Waals surface area contributed by atoms with Gasteiger partial charge < -0.3 is 0 Å². The average molecular weight is 300 g/mol. The molecule has 0 fully saturated rings. The molecule has 2 aromatic heterocycles. The lowest BCUT2D eigenvalue weighted by Crippen LogP contribution is -1.99. The quantitative estimate of drug-likeness (QED) is 0.642. The summed E-state index contributed by atoms with van der Waals surface area (Å²) in [6.07, 6.45) is 3.25. The molecule has 2 heterocycles. The topological polar surface area (TPSA) is 43.6 Å². The van der Waals surface area contributed by atoms with E-state index in [1.54, 1.807) is 35.3 Å². The van der Waals surface area contributed by atoms with Crippen LogP contribution in [-0.4, -0.2) is 19.7 Å². The molecule has 3 rings (SSSR count). The number of hydrogen-bond acceptors (Lipinski definition) is 3. The van der Waals surface area contributed by atoms with E-state index in [4.69, 9.17) is 34.8 Å². The first-order valence-electron chi connectivity index (χ1n) is 4.97. The number of benzene rings is 1. The van der Waals surface area contributed by atoms with E-state index < -0.39 is 0 Å². The van der Waals surface area contributed by atoms with E-state index in [1.165, 1.54) is 0 Å². The Hall–Kier alpha value is -1.36. The molecule has 0 saturated heterocycles. The van der Waals surface area contributed by atoms with Crippen molar-refractivity contribution >= 4 is 45.8 Å². The zero-order valence-electron chi connectivity index (χ0n) is 8.81. The number of rotatable bonds is 1. The average Bonchev–Trinajstić information content (AvgIpc) is 2.75. The predicted octanol–water partition coefficient (Wildman–Crippen LogP) is 3.78. The zero-order valence-corrected chi connectivity index (χ0v) is 11.1. The third-order valence-corrected chi connectivity index (χ3v) is 3.15. The summed E-state index contributed by atoms with van der Waals surface area (Å²) in [4.78, 5) is 8.03. The molecule has 0 unspecified atom stereocenters. The second-order valence-corrected chi connectivity index (χ2v) is 4.75. The van der Waals surface area contributed by atoms with E-state index in [1.807, 2.05) is 0 Å². The van der Waals surface area contributed by atoms with Crippen LogP contribution in [-0.2, 0) is 0 Å². The van der Waals surface area contributed by atoms with Gasteiger partial charge in [-0.3, -0.25) is 0 Å². The van der Waals surface area contributed by atoms with Crippen LogP contribution in [0.3, 0.4) is 0 Å². The summed E-state index contributed by atoms with van der Waals surface area (Å²) >= 11 is 17.9. The predicted molar refractivity (Wildman–Crippen MR) is 71.7 cm³/mol. The van der Waals surface area contributed by atoms with Gasteiger partial charge in [-0.1, -0.05) is 23.2 Å². The van der Waals surface area contributed by atoms with Crippen LogP contribution < -0.4 is 0 Å². The van der Waals surface area contributed by atoms with Crippen LogP contribution >= 0.6 is 34.8 Å². The molecule has 0 aliphatic heterocycles. The standard InChI is InChI=1S/C11H5Cl3N4/c12-7-1-2-8(13)9(3-7)18-10-6(5-16-18)4-15-11(14)17-10/h1-5H. The van der Waals surface area contributed by atoms with Crippen molar-refractivity contribution in [1.82, 2.24) is 19.7 Å². The third kappa shape index (κ3) is 1.92. The van der Waals surface area contributed by atoms with Crippen molar-refractivity contribution in [2.45, 2.75) is 0 Å². The van der Waals surface area contributed by atoms with Crippen molar-refractivity contribution in [3.63, 3.8) is 0 Å². The van der Waals surface area contributed by atoms with Gasteiger partial charge in [-0.25, -0.2) is 9.67 Å². The van der Waals surface area contributed by atoms with Gasteiger partial charge in [0.15, 0.2) is 5.65 Å².